The molecule has 0 saturated heterocycles. The Hall–Kier alpha value is -1.22. The average Bonchev–Trinajstić information content (AvgIpc) is 2.41. The summed E-state index contributed by atoms with van der Waals surface area (Å²) in [6.07, 6.45) is 3.16. The van der Waals surface area contributed by atoms with Gasteiger partial charge in [-0.05, 0) is 37.1 Å². The third-order valence-electron chi connectivity index (χ3n) is 4.61. The first-order valence-electron chi connectivity index (χ1n) is 7.34. The Labute approximate surface area is 131 Å². The summed E-state index contributed by atoms with van der Waals surface area (Å²) < 4.78 is -0.00316. The van der Waals surface area contributed by atoms with Gasteiger partial charge in [-0.3, -0.25) is 4.79 Å². The Bertz CT molecular complexity index is 599. The number of benzene rings is 1. The number of hydrogen-bond acceptors (Lipinski definition) is 3. The van der Waals surface area contributed by atoms with E-state index in [-0.39, 0.29) is 22.2 Å². The summed E-state index contributed by atoms with van der Waals surface area (Å²) in [5.74, 6) is 0.514. The lowest BCUT2D eigenvalue weighted by atomic mass is 9.77. The molecule has 0 aliphatic heterocycles. The highest BCUT2D eigenvalue weighted by molar-refractivity contribution is 7.99. The predicted octanol–water partition coefficient (Wildman–Crippen LogP) is 4.69. The topological polar surface area (TPSA) is 37.3 Å². The van der Waals surface area contributed by atoms with Crippen molar-refractivity contribution in [2.24, 2.45) is 5.92 Å². The predicted molar refractivity (Wildman–Crippen MR) is 90.8 cm³/mol. The summed E-state index contributed by atoms with van der Waals surface area (Å²) in [7, 11) is 0. The minimum absolute atomic E-state index is 0.00316. The zero-order valence-corrected chi connectivity index (χ0v) is 14.3. The summed E-state index contributed by atoms with van der Waals surface area (Å²) >= 11 is 1.75. The Morgan fingerprint density at radius 1 is 1.24 bits per heavy atom. The first-order chi connectivity index (χ1) is 9.76. The molecule has 2 rings (SSSR count). The van der Waals surface area contributed by atoms with E-state index < -0.39 is 0 Å². The van der Waals surface area contributed by atoms with Crippen molar-refractivity contribution in [1.82, 2.24) is 0 Å². The molecule has 0 amide bonds. The van der Waals surface area contributed by atoms with E-state index in [0.29, 0.717) is 18.4 Å². The van der Waals surface area contributed by atoms with Gasteiger partial charge in [-0.25, -0.2) is 0 Å². The van der Waals surface area contributed by atoms with Crippen LogP contribution in [0.25, 0.3) is 5.57 Å². The summed E-state index contributed by atoms with van der Waals surface area (Å²) in [6, 6.07) is 6.04. The van der Waals surface area contributed by atoms with Gasteiger partial charge in [0.25, 0.3) is 0 Å². The molecule has 1 unspecified atom stereocenters. The second-order valence-corrected chi connectivity index (χ2v) is 7.94. The van der Waals surface area contributed by atoms with Gasteiger partial charge in [-0.2, -0.15) is 11.8 Å². The van der Waals surface area contributed by atoms with E-state index in [1.165, 1.54) is 0 Å². The van der Waals surface area contributed by atoms with E-state index in [2.05, 4.69) is 20.1 Å². The molecule has 1 aromatic rings. The molecule has 0 fully saturated rings. The molecule has 114 valence electrons. The highest BCUT2D eigenvalue weighted by atomic mass is 32.2. The number of ketones is 1. The van der Waals surface area contributed by atoms with Crippen LogP contribution in [0.15, 0.2) is 24.0 Å². The minimum Gasteiger partial charge on any atom is -0.512 e. The van der Waals surface area contributed by atoms with Crippen LogP contribution in [0.5, 0.6) is 0 Å². The van der Waals surface area contributed by atoms with Crippen molar-refractivity contribution >= 4 is 23.1 Å². The molecule has 0 bridgehead atoms. The fraction of sp³-hybridized carbons (Fsp3) is 0.500. The van der Waals surface area contributed by atoms with Crippen LogP contribution >= 0.6 is 11.8 Å². The smallest absolute Gasteiger partial charge is 0.167 e. The molecule has 1 aliphatic rings. The quantitative estimate of drug-likeness (QED) is 0.880. The van der Waals surface area contributed by atoms with Gasteiger partial charge >= 0.3 is 0 Å². The normalized spacial score (nSPS) is 20.0. The van der Waals surface area contributed by atoms with E-state index in [0.717, 1.165) is 16.7 Å². The Balaban J connectivity index is 2.44. The molecule has 21 heavy (non-hydrogen) atoms. The highest BCUT2D eigenvalue weighted by Gasteiger charge is 2.37. The van der Waals surface area contributed by atoms with E-state index in [1.54, 1.807) is 11.8 Å². The van der Waals surface area contributed by atoms with Crippen LogP contribution in [0.3, 0.4) is 0 Å². The molecule has 3 heteroatoms. The fourth-order valence-electron chi connectivity index (χ4n) is 2.86. The molecule has 0 radical (unpaired) electrons. The van der Waals surface area contributed by atoms with Crippen molar-refractivity contribution in [3.8, 4) is 0 Å². The summed E-state index contributed by atoms with van der Waals surface area (Å²) in [5, 5.41) is 10.5. The first kappa shape index (κ1) is 16.2. The molecule has 1 aromatic carbocycles. The second kappa shape index (κ2) is 5.88. The maximum Gasteiger partial charge on any atom is 0.167 e. The molecule has 0 aromatic heterocycles. The van der Waals surface area contributed by atoms with Crippen LogP contribution in [0.1, 0.15) is 43.4 Å². The molecule has 0 saturated carbocycles. The van der Waals surface area contributed by atoms with E-state index in [4.69, 9.17) is 0 Å². The lowest BCUT2D eigenvalue weighted by Gasteiger charge is -2.35. The monoisotopic (exact) mass is 304 g/mol. The van der Waals surface area contributed by atoms with E-state index in [9.17, 15) is 9.90 Å². The van der Waals surface area contributed by atoms with Crippen LogP contribution in [-0.4, -0.2) is 21.9 Å². The van der Waals surface area contributed by atoms with Gasteiger partial charge in [-0.1, -0.05) is 37.6 Å². The van der Waals surface area contributed by atoms with Gasteiger partial charge < -0.3 is 5.11 Å². The number of hydrogen-bond donors (Lipinski definition) is 1. The van der Waals surface area contributed by atoms with Crippen molar-refractivity contribution in [2.45, 2.75) is 45.3 Å². The number of Topliss-reactive ketones (excluding diaryl/α,β-unsaturated/α-hetero) is 1. The third-order valence-corrected chi connectivity index (χ3v) is 6.00. The molecule has 0 heterocycles. The van der Waals surface area contributed by atoms with Gasteiger partial charge in [0.05, 0.1) is 5.57 Å². The zero-order chi connectivity index (χ0) is 15.8. The molecule has 1 aliphatic carbocycles. The highest BCUT2D eigenvalue weighted by Crippen LogP contribution is 2.42. The second-order valence-electron chi connectivity index (χ2n) is 6.48. The number of thioether (sulfide) groups is 1. The molecular weight excluding hydrogens is 280 g/mol. The van der Waals surface area contributed by atoms with Crippen LogP contribution in [0, 0.1) is 19.8 Å². The van der Waals surface area contributed by atoms with Crippen molar-refractivity contribution < 1.29 is 9.90 Å². The number of aryl methyl sites for hydroxylation is 2. The van der Waals surface area contributed by atoms with Crippen molar-refractivity contribution in [3.63, 3.8) is 0 Å². The van der Waals surface area contributed by atoms with Crippen molar-refractivity contribution in [1.29, 1.82) is 0 Å². The summed E-state index contributed by atoms with van der Waals surface area (Å²) in [4.78, 5) is 12.6. The lowest BCUT2D eigenvalue weighted by Crippen LogP contribution is -2.33. The first-order valence-corrected chi connectivity index (χ1v) is 8.57. The van der Waals surface area contributed by atoms with Gasteiger partial charge in [0.15, 0.2) is 5.78 Å². The molecule has 2 nitrogen and oxygen atoms in total. The van der Waals surface area contributed by atoms with Crippen LogP contribution in [0.4, 0.5) is 0 Å². The van der Waals surface area contributed by atoms with Crippen molar-refractivity contribution in [3.05, 3.63) is 40.6 Å². The fourth-order valence-corrected chi connectivity index (χ4v) is 3.36. The lowest BCUT2D eigenvalue weighted by molar-refractivity contribution is -0.115. The van der Waals surface area contributed by atoms with Crippen LogP contribution in [0.2, 0.25) is 0 Å². The van der Waals surface area contributed by atoms with E-state index >= 15 is 0 Å². The zero-order valence-electron chi connectivity index (χ0n) is 13.5. The number of carbonyl (C=O) groups is 1. The van der Waals surface area contributed by atoms with Crippen LogP contribution < -0.4 is 0 Å². The van der Waals surface area contributed by atoms with Gasteiger partial charge in [-0.15, -0.1) is 0 Å². The SMILES string of the molecule is CSC(C)(C)C1CC(=O)C(c2cc(C)ccc2C)=C(O)C1. The largest absolute Gasteiger partial charge is 0.512 e. The molecular formula is C18H24O2S. The van der Waals surface area contributed by atoms with Crippen molar-refractivity contribution in [2.75, 3.05) is 6.26 Å². The maximum atomic E-state index is 12.6. The molecule has 1 atom stereocenters. The van der Waals surface area contributed by atoms with E-state index in [1.807, 2.05) is 32.0 Å². The summed E-state index contributed by atoms with van der Waals surface area (Å²) in [6.45, 7) is 8.28. The van der Waals surface area contributed by atoms with Gasteiger partial charge in [0.1, 0.15) is 5.76 Å². The van der Waals surface area contributed by atoms with Gasteiger partial charge in [0, 0.05) is 17.6 Å². The standard InChI is InChI=1S/C18H24O2S/c1-11-6-7-12(2)14(8-11)17-15(19)9-13(10-16(17)20)18(3,4)21-5/h6-8,13,19H,9-10H2,1-5H3. The molecule has 0 spiro atoms. The molecule has 1 N–H and O–H groups in total. The maximum absolute atomic E-state index is 12.6. The Morgan fingerprint density at radius 3 is 2.48 bits per heavy atom. The number of carbonyl (C=O) groups excluding carboxylic acids is 1. The minimum atomic E-state index is -0.00316. The third kappa shape index (κ3) is 3.18. The van der Waals surface area contributed by atoms with Gasteiger partial charge in [0.2, 0.25) is 0 Å². The van der Waals surface area contributed by atoms with Crippen LogP contribution in [-0.2, 0) is 4.79 Å². The number of rotatable bonds is 3. The number of allylic oxidation sites excluding steroid dienone is 2. The number of aliphatic hydroxyl groups is 1. The average molecular weight is 304 g/mol. The Morgan fingerprint density at radius 2 is 1.90 bits per heavy atom. The summed E-state index contributed by atoms with van der Waals surface area (Å²) in [5.41, 5.74) is 3.57. The Kier molecular flexibility index (Phi) is 4.52. The number of aliphatic hydroxyl groups excluding tert-OH is 1.